The van der Waals surface area contributed by atoms with Crippen LogP contribution in [0.25, 0.3) is 0 Å². The van der Waals surface area contributed by atoms with E-state index in [9.17, 15) is 9.90 Å². The lowest BCUT2D eigenvalue weighted by Gasteiger charge is -2.12. The van der Waals surface area contributed by atoms with Gasteiger partial charge in [-0.05, 0) is 13.8 Å². The first-order valence-electron chi connectivity index (χ1n) is 6.47. The van der Waals surface area contributed by atoms with Crippen LogP contribution in [0.4, 0.5) is 0 Å². The zero-order valence-electron chi connectivity index (χ0n) is 12.1. The second-order valence-electron chi connectivity index (χ2n) is 4.33. The average molecular weight is 283 g/mol. The van der Waals surface area contributed by atoms with Gasteiger partial charge >= 0.3 is 5.97 Å². The summed E-state index contributed by atoms with van der Waals surface area (Å²) in [5, 5.41) is 9.18. The largest absolute Gasteiger partial charge is 0.492 e. The first kappa shape index (κ1) is 16.4. The molecule has 1 N–H and O–H groups in total. The summed E-state index contributed by atoms with van der Waals surface area (Å²) in [6.07, 6.45) is 0.684. The van der Waals surface area contributed by atoms with Crippen molar-refractivity contribution >= 4 is 5.97 Å². The Bertz CT molecular complexity index is 447. The number of aryl methyl sites for hydroxylation is 2. The van der Waals surface area contributed by atoms with Gasteiger partial charge in [0.25, 0.3) is 0 Å². The number of hydrogen-bond acceptors (Lipinski definition) is 5. The topological polar surface area (TPSA) is 77.9 Å². The van der Waals surface area contributed by atoms with Gasteiger partial charge in [0.05, 0.1) is 25.5 Å². The summed E-state index contributed by atoms with van der Waals surface area (Å²) >= 11 is 0. The highest BCUT2D eigenvalue weighted by atomic mass is 16.5. The van der Waals surface area contributed by atoms with Gasteiger partial charge in [-0.15, -0.1) is 0 Å². The number of carboxylic acid groups (broad SMARTS) is 1. The van der Waals surface area contributed by atoms with E-state index in [1.165, 1.54) is 0 Å². The molecule has 0 radical (unpaired) electrons. The van der Waals surface area contributed by atoms with Crippen molar-refractivity contribution in [2.75, 3.05) is 33.5 Å². The lowest BCUT2D eigenvalue weighted by molar-refractivity contribution is 0.0637. The van der Waals surface area contributed by atoms with Crippen LogP contribution in [-0.4, -0.2) is 49.6 Å². The number of methoxy groups -OCH3 is 1. The normalized spacial score (nSPS) is 10.6. The summed E-state index contributed by atoms with van der Waals surface area (Å²) in [5.74, 6) is -0.666. The fourth-order valence-corrected chi connectivity index (χ4v) is 1.75. The predicted octanol–water partition coefficient (Wildman–Crippen LogP) is 1.83. The summed E-state index contributed by atoms with van der Waals surface area (Å²) in [6.45, 7) is 5.53. The molecule has 0 aliphatic carbocycles. The zero-order valence-corrected chi connectivity index (χ0v) is 12.1. The Hall–Kier alpha value is -1.66. The Morgan fingerprint density at radius 1 is 1.25 bits per heavy atom. The highest BCUT2D eigenvalue weighted by Gasteiger charge is 2.16. The smallest absolute Gasteiger partial charge is 0.341 e. The monoisotopic (exact) mass is 283 g/mol. The third kappa shape index (κ3) is 5.14. The molecule has 0 saturated heterocycles. The molecule has 0 aromatic carbocycles. The van der Waals surface area contributed by atoms with Crippen LogP contribution in [-0.2, 0) is 9.47 Å². The molecule has 6 heteroatoms. The SMILES string of the molecule is COCCOCCCOc1cc(C)nc(C)c1C(=O)O. The Morgan fingerprint density at radius 3 is 2.65 bits per heavy atom. The van der Waals surface area contributed by atoms with Crippen LogP contribution in [0.5, 0.6) is 5.75 Å². The van der Waals surface area contributed by atoms with Crippen molar-refractivity contribution in [3.63, 3.8) is 0 Å². The van der Waals surface area contributed by atoms with Crippen molar-refractivity contribution in [1.29, 1.82) is 0 Å². The standard InChI is InChI=1S/C14H21NO5/c1-10-9-12(13(14(16)17)11(2)15-10)20-6-4-5-19-8-7-18-3/h9H,4-8H2,1-3H3,(H,16,17). The number of rotatable bonds is 9. The van der Waals surface area contributed by atoms with Gasteiger partial charge in [-0.1, -0.05) is 0 Å². The van der Waals surface area contributed by atoms with Gasteiger partial charge in [-0.3, -0.25) is 4.98 Å². The number of carbonyl (C=O) groups is 1. The molecule has 112 valence electrons. The Morgan fingerprint density at radius 2 is 2.00 bits per heavy atom. The maximum atomic E-state index is 11.2. The van der Waals surface area contributed by atoms with Crippen molar-refractivity contribution in [1.82, 2.24) is 4.98 Å². The molecule has 0 amide bonds. The summed E-state index contributed by atoms with van der Waals surface area (Å²) in [5.41, 5.74) is 1.32. The van der Waals surface area contributed by atoms with Crippen LogP contribution >= 0.6 is 0 Å². The fourth-order valence-electron chi connectivity index (χ4n) is 1.75. The lowest BCUT2D eigenvalue weighted by atomic mass is 10.1. The molecule has 0 unspecified atom stereocenters. The Kier molecular flexibility index (Phi) is 6.97. The minimum absolute atomic E-state index is 0.121. The summed E-state index contributed by atoms with van der Waals surface area (Å²) in [6, 6.07) is 1.64. The lowest BCUT2D eigenvalue weighted by Crippen LogP contribution is -2.10. The van der Waals surface area contributed by atoms with Gasteiger partial charge in [0.15, 0.2) is 0 Å². The summed E-state index contributed by atoms with van der Waals surface area (Å²) in [4.78, 5) is 15.3. The molecule has 0 fully saturated rings. The highest BCUT2D eigenvalue weighted by molar-refractivity contribution is 5.92. The maximum Gasteiger partial charge on any atom is 0.341 e. The van der Waals surface area contributed by atoms with Gasteiger partial charge in [0, 0.05) is 31.9 Å². The Labute approximate surface area is 118 Å². The van der Waals surface area contributed by atoms with Crippen molar-refractivity contribution in [3.8, 4) is 5.75 Å². The van der Waals surface area contributed by atoms with Crippen LogP contribution in [0.1, 0.15) is 28.2 Å². The fraction of sp³-hybridized carbons (Fsp3) is 0.571. The van der Waals surface area contributed by atoms with Gasteiger partial charge in [-0.25, -0.2) is 4.79 Å². The second kappa shape index (κ2) is 8.50. The van der Waals surface area contributed by atoms with E-state index in [0.717, 1.165) is 5.69 Å². The molecule has 1 aromatic rings. The van der Waals surface area contributed by atoms with E-state index in [1.54, 1.807) is 27.0 Å². The van der Waals surface area contributed by atoms with E-state index >= 15 is 0 Å². The van der Waals surface area contributed by atoms with Gasteiger partial charge in [0.2, 0.25) is 0 Å². The van der Waals surface area contributed by atoms with Crippen LogP contribution in [0.15, 0.2) is 6.07 Å². The number of aromatic carboxylic acids is 1. The van der Waals surface area contributed by atoms with Gasteiger partial charge in [-0.2, -0.15) is 0 Å². The van der Waals surface area contributed by atoms with Crippen LogP contribution < -0.4 is 4.74 Å². The first-order chi connectivity index (χ1) is 9.56. The second-order valence-corrected chi connectivity index (χ2v) is 4.33. The van der Waals surface area contributed by atoms with Crippen LogP contribution in [0.3, 0.4) is 0 Å². The molecule has 0 atom stereocenters. The third-order valence-corrected chi connectivity index (χ3v) is 2.63. The molecular weight excluding hydrogens is 262 g/mol. The molecule has 0 aliphatic heterocycles. The molecule has 1 aromatic heterocycles. The average Bonchev–Trinajstić information content (AvgIpc) is 2.36. The minimum atomic E-state index is -1.03. The molecule has 0 saturated carbocycles. The van der Waals surface area contributed by atoms with E-state index in [2.05, 4.69) is 4.98 Å². The molecule has 0 bridgehead atoms. The zero-order chi connectivity index (χ0) is 15.0. The molecule has 0 spiro atoms. The minimum Gasteiger partial charge on any atom is -0.492 e. The highest BCUT2D eigenvalue weighted by Crippen LogP contribution is 2.22. The number of nitrogens with zero attached hydrogens (tertiary/aromatic N) is 1. The Balaban J connectivity index is 2.49. The molecule has 0 aliphatic rings. The van der Waals surface area contributed by atoms with E-state index in [4.69, 9.17) is 14.2 Å². The molecule has 1 rings (SSSR count). The molecule has 1 heterocycles. The van der Waals surface area contributed by atoms with E-state index in [0.29, 0.717) is 44.3 Å². The molecule has 6 nitrogen and oxygen atoms in total. The maximum absolute atomic E-state index is 11.2. The number of carboxylic acids is 1. The third-order valence-electron chi connectivity index (χ3n) is 2.63. The quantitative estimate of drug-likeness (QED) is 0.697. The predicted molar refractivity (Wildman–Crippen MR) is 73.5 cm³/mol. The first-order valence-corrected chi connectivity index (χ1v) is 6.47. The van der Waals surface area contributed by atoms with Crippen LogP contribution in [0.2, 0.25) is 0 Å². The van der Waals surface area contributed by atoms with Crippen molar-refractivity contribution in [3.05, 3.63) is 23.0 Å². The van der Waals surface area contributed by atoms with Crippen molar-refractivity contribution < 1.29 is 24.1 Å². The van der Waals surface area contributed by atoms with Crippen molar-refractivity contribution in [2.24, 2.45) is 0 Å². The summed E-state index contributed by atoms with van der Waals surface area (Å²) in [7, 11) is 1.62. The number of aromatic nitrogens is 1. The molecular formula is C14H21NO5. The number of pyridine rings is 1. The van der Waals surface area contributed by atoms with Crippen LogP contribution in [0, 0.1) is 13.8 Å². The van der Waals surface area contributed by atoms with Crippen molar-refractivity contribution in [2.45, 2.75) is 20.3 Å². The van der Waals surface area contributed by atoms with E-state index in [1.807, 2.05) is 0 Å². The van der Waals surface area contributed by atoms with E-state index in [-0.39, 0.29) is 5.56 Å². The van der Waals surface area contributed by atoms with Gasteiger partial charge in [0.1, 0.15) is 11.3 Å². The number of ether oxygens (including phenoxy) is 3. The molecule has 20 heavy (non-hydrogen) atoms. The van der Waals surface area contributed by atoms with Gasteiger partial charge < -0.3 is 19.3 Å². The van der Waals surface area contributed by atoms with E-state index < -0.39 is 5.97 Å². The summed E-state index contributed by atoms with van der Waals surface area (Å²) < 4.78 is 15.7. The number of hydrogen-bond donors (Lipinski definition) is 1.